The summed E-state index contributed by atoms with van der Waals surface area (Å²) in [6, 6.07) is 3.23. The lowest BCUT2D eigenvalue weighted by atomic mass is 10.1. The summed E-state index contributed by atoms with van der Waals surface area (Å²) in [5.74, 6) is 0.988. The summed E-state index contributed by atoms with van der Waals surface area (Å²) in [5.41, 5.74) is 4.46. The van der Waals surface area contributed by atoms with Crippen LogP contribution in [-0.4, -0.2) is 35.2 Å². The maximum Gasteiger partial charge on any atom is 0.287 e. The molecule has 0 spiro atoms. The summed E-state index contributed by atoms with van der Waals surface area (Å²) in [4.78, 5) is 11.7. The number of nitrogens with one attached hydrogen (secondary N) is 1. The van der Waals surface area contributed by atoms with Crippen molar-refractivity contribution in [1.82, 2.24) is 5.32 Å². The predicted molar refractivity (Wildman–Crippen MR) is 67.9 cm³/mol. The van der Waals surface area contributed by atoms with Crippen molar-refractivity contribution in [3.63, 3.8) is 0 Å². The largest absolute Gasteiger partial charge is 0.455 e. The van der Waals surface area contributed by atoms with E-state index in [9.17, 15) is 9.90 Å². The van der Waals surface area contributed by atoms with Gasteiger partial charge in [-0.2, -0.15) is 11.8 Å². The Morgan fingerprint density at radius 2 is 2.35 bits per heavy atom. The van der Waals surface area contributed by atoms with E-state index in [4.69, 9.17) is 10.2 Å². The molecule has 96 valence electrons. The van der Waals surface area contributed by atoms with Crippen molar-refractivity contribution in [3.05, 3.63) is 23.7 Å². The maximum atomic E-state index is 11.7. The monoisotopic (exact) mass is 258 g/mol. The van der Waals surface area contributed by atoms with Gasteiger partial charge in [-0.25, -0.2) is 0 Å². The maximum absolute atomic E-state index is 11.7. The fraction of sp³-hybridized carbons (Fsp3) is 0.545. The molecule has 4 N–H and O–H groups in total. The van der Waals surface area contributed by atoms with Crippen LogP contribution >= 0.6 is 11.8 Å². The Hall–Kier alpha value is -0.980. The second kappa shape index (κ2) is 6.09. The molecule has 1 unspecified atom stereocenters. The van der Waals surface area contributed by atoms with Crippen molar-refractivity contribution in [2.75, 3.05) is 18.6 Å². The first-order valence-corrected chi connectivity index (χ1v) is 6.66. The van der Waals surface area contributed by atoms with Gasteiger partial charge < -0.3 is 20.6 Å². The van der Waals surface area contributed by atoms with Crippen LogP contribution in [0, 0.1) is 0 Å². The minimum absolute atomic E-state index is 0.186. The molecule has 5 nitrogen and oxygen atoms in total. The third-order valence-corrected chi connectivity index (χ3v) is 3.08. The molecule has 1 aromatic heterocycles. The van der Waals surface area contributed by atoms with Gasteiger partial charge in [0.15, 0.2) is 5.76 Å². The summed E-state index contributed by atoms with van der Waals surface area (Å²) in [6.45, 7) is 2.13. The van der Waals surface area contributed by atoms with E-state index >= 15 is 0 Å². The van der Waals surface area contributed by atoms with E-state index in [2.05, 4.69) is 5.32 Å². The Kier molecular flexibility index (Phi) is 5.04. The SMILES string of the molecule is CSCC(C)(O)CNC(=O)c1ccc(CN)o1. The lowest BCUT2D eigenvalue weighted by Crippen LogP contribution is -2.42. The number of rotatable bonds is 6. The quantitative estimate of drug-likeness (QED) is 0.694. The second-order valence-electron chi connectivity index (χ2n) is 4.08. The molecule has 1 amide bonds. The van der Waals surface area contributed by atoms with Crippen LogP contribution < -0.4 is 11.1 Å². The molecule has 0 fully saturated rings. The van der Waals surface area contributed by atoms with E-state index in [1.54, 1.807) is 19.1 Å². The molecule has 1 aromatic rings. The third kappa shape index (κ3) is 4.41. The van der Waals surface area contributed by atoms with Crippen LogP contribution in [-0.2, 0) is 6.54 Å². The van der Waals surface area contributed by atoms with Gasteiger partial charge in [0, 0.05) is 12.3 Å². The van der Waals surface area contributed by atoms with Crippen LogP contribution in [0.3, 0.4) is 0 Å². The van der Waals surface area contributed by atoms with E-state index in [-0.39, 0.29) is 24.8 Å². The molecule has 0 radical (unpaired) electrons. The lowest BCUT2D eigenvalue weighted by molar-refractivity contribution is 0.0709. The average Bonchev–Trinajstić information content (AvgIpc) is 2.74. The van der Waals surface area contributed by atoms with Gasteiger partial charge in [-0.1, -0.05) is 0 Å². The summed E-state index contributed by atoms with van der Waals surface area (Å²) in [6.07, 6.45) is 1.90. The minimum atomic E-state index is -0.918. The highest BCUT2D eigenvalue weighted by Gasteiger charge is 2.21. The zero-order valence-electron chi connectivity index (χ0n) is 10.0. The predicted octanol–water partition coefficient (Wildman–Crippen LogP) is 0.582. The molecule has 0 bridgehead atoms. The second-order valence-corrected chi connectivity index (χ2v) is 4.95. The van der Waals surface area contributed by atoms with Crippen molar-refractivity contribution in [1.29, 1.82) is 0 Å². The van der Waals surface area contributed by atoms with Gasteiger partial charge in [-0.05, 0) is 25.3 Å². The highest BCUT2D eigenvalue weighted by atomic mass is 32.2. The smallest absolute Gasteiger partial charge is 0.287 e. The molecule has 1 rings (SSSR count). The van der Waals surface area contributed by atoms with E-state index in [1.165, 1.54) is 11.8 Å². The van der Waals surface area contributed by atoms with Gasteiger partial charge in [0.25, 0.3) is 5.91 Å². The standard InChI is InChI=1S/C11H18N2O3S/c1-11(15,7-17-2)6-13-10(14)9-4-3-8(5-12)16-9/h3-4,15H,5-7,12H2,1-2H3,(H,13,14). The minimum Gasteiger partial charge on any atom is -0.455 e. The van der Waals surface area contributed by atoms with Crippen molar-refractivity contribution < 1.29 is 14.3 Å². The third-order valence-electron chi connectivity index (χ3n) is 2.17. The number of carbonyl (C=O) groups is 1. The molecule has 0 aliphatic rings. The molecule has 0 aliphatic heterocycles. The van der Waals surface area contributed by atoms with Crippen molar-refractivity contribution in [3.8, 4) is 0 Å². The topological polar surface area (TPSA) is 88.5 Å². The lowest BCUT2D eigenvalue weighted by Gasteiger charge is -2.22. The summed E-state index contributed by atoms with van der Waals surface area (Å²) < 4.78 is 5.20. The van der Waals surface area contributed by atoms with Crippen molar-refractivity contribution in [2.45, 2.75) is 19.1 Å². The van der Waals surface area contributed by atoms with Crippen LogP contribution in [0.1, 0.15) is 23.2 Å². The number of thioether (sulfide) groups is 1. The first-order chi connectivity index (χ1) is 7.98. The number of aliphatic hydroxyl groups is 1. The van der Waals surface area contributed by atoms with Crippen molar-refractivity contribution in [2.24, 2.45) is 5.73 Å². The number of carbonyl (C=O) groups excluding carboxylic acids is 1. The molecular weight excluding hydrogens is 240 g/mol. The van der Waals surface area contributed by atoms with Crippen LogP contribution in [0.15, 0.2) is 16.5 Å². The average molecular weight is 258 g/mol. The van der Waals surface area contributed by atoms with Crippen LogP contribution in [0.25, 0.3) is 0 Å². The van der Waals surface area contributed by atoms with Gasteiger partial charge in [0.05, 0.1) is 12.1 Å². The Labute approximate surface area is 105 Å². The normalized spacial score (nSPS) is 14.4. The zero-order chi connectivity index (χ0) is 12.9. The number of nitrogens with two attached hydrogens (primary N) is 1. The summed E-state index contributed by atoms with van der Waals surface area (Å²) in [5, 5.41) is 12.5. The fourth-order valence-corrected chi connectivity index (χ4v) is 2.05. The molecule has 17 heavy (non-hydrogen) atoms. The highest BCUT2D eigenvalue weighted by molar-refractivity contribution is 7.98. The Morgan fingerprint density at radius 3 is 2.88 bits per heavy atom. The molecule has 0 aromatic carbocycles. The summed E-state index contributed by atoms with van der Waals surface area (Å²) in [7, 11) is 0. The molecule has 6 heteroatoms. The zero-order valence-corrected chi connectivity index (χ0v) is 10.8. The van der Waals surface area contributed by atoms with Gasteiger partial charge in [-0.15, -0.1) is 0 Å². The molecule has 1 heterocycles. The van der Waals surface area contributed by atoms with Gasteiger partial charge in [0.1, 0.15) is 5.76 Å². The Balaban J connectivity index is 2.49. The first kappa shape index (κ1) is 14.1. The number of hydrogen-bond acceptors (Lipinski definition) is 5. The molecule has 0 aliphatic carbocycles. The number of hydrogen-bond donors (Lipinski definition) is 3. The first-order valence-electron chi connectivity index (χ1n) is 5.27. The number of furan rings is 1. The van der Waals surface area contributed by atoms with Gasteiger partial charge in [0.2, 0.25) is 0 Å². The van der Waals surface area contributed by atoms with E-state index in [1.807, 2.05) is 6.26 Å². The molecular formula is C11H18N2O3S. The Morgan fingerprint density at radius 1 is 1.65 bits per heavy atom. The molecule has 0 saturated carbocycles. The highest BCUT2D eigenvalue weighted by Crippen LogP contribution is 2.10. The summed E-state index contributed by atoms with van der Waals surface area (Å²) >= 11 is 1.52. The Bertz CT molecular complexity index is 377. The van der Waals surface area contributed by atoms with E-state index < -0.39 is 5.60 Å². The number of amides is 1. The van der Waals surface area contributed by atoms with Crippen molar-refractivity contribution >= 4 is 17.7 Å². The molecule has 1 atom stereocenters. The van der Waals surface area contributed by atoms with Crippen LogP contribution in [0.2, 0.25) is 0 Å². The fourth-order valence-electron chi connectivity index (χ4n) is 1.33. The van der Waals surface area contributed by atoms with Gasteiger partial charge in [-0.3, -0.25) is 4.79 Å². The van der Waals surface area contributed by atoms with Crippen LogP contribution in [0.4, 0.5) is 0 Å². The van der Waals surface area contributed by atoms with Gasteiger partial charge >= 0.3 is 0 Å². The van der Waals surface area contributed by atoms with Crippen LogP contribution in [0.5, 0.6) is 0 Å². The van der Waals surface area contributed by atoms with E-state index in [0.717, 1.165) is 0 Å². The molecule has 0 saturated heterocycles. The van der Waals surface area contributed by atoms with E-state index in [0.29, 0.717) is 11.5 Å².